The third-order valence-corrected chi connectivity index (χ3v) is 4.55. The van der Waals surface area contributed by atoms with Crippen LogP contribution in [0.25, 0.3) is 0 Å². The standard InChI is InChI=1S/C10H7Cl2NO2.C9H5Cl2NO2/c1-15-10(14)4-8-6(5-13)2-7(11)3-9(8)12;10-6-1-5(4-12)7(3-9(13)14)8(11)2-6/h2-3H,4H2,1H3;1-2H,3H2,(H,13,14). The van der Waals surface area contributed by atoms with Crippen molar-refractivity contribution in [1.29, 1.82) is 10.5 Å². The number of ether oxygens (including phenoxy) is 1. The monoisotopic (exact) mass is 472 g/mol. The molecule has 10 heteroatoms. The maximum atomic E-state index is 11.1. The van der Waals surface area contributed by atoms with Crippen molar-refractivity contribution in [2.24, 2.45) is 0 Å². The number of halogens is 4. The summed E-state index contributed by atoms with van der Waals surface area (Å²) in [5.41, 5.74) is 1.23. The molecular formula is C19H12Cl4N2O4. The van der Waals surface area contributed by atoms with Gasteiger partial charge in [-0.25, -0.2) is 0 Å². The summed E-state index contributed by atoms with van der Waals surface area (Å²) in [7, 11) is 1.28. The highest BCUT2D eigenvalue weighted by Gasteiger charge is 2.13. The van der Waals surface area contributed by atoms with Gasteiger partial charge in [0.05, 0.1) is 43.2 Å². The number of carbonyl (C=O) groups is 2. The van der Waals surface area contributed by atoms with Crippen LogP contribution in [0.15, 0.2) is 24.3 Å². The van der Waals surface area contributed by atoms with Crippen molar-refractivity contribution in [2.45, 2.75) is 12.8 Å². The predicted molar refractivity (Wildman–Crippen MR) is 109 cm³/mol. The van der Waals surface area contributed by atoms with E-state index in [0.717, 1.165) is 0 Å². The smallest absolute Gasteiger partial charge is 0.310 e. The molecule has 0 aliphatic carbocycles. The molecule has 2 rings (SSSR count). The lowest BCUT2D eigenvalue weighted by molar-refractivity contribution is -0.140. The Morgan fingerprint density at radius 1 is 0.897 bits per heavy atom. The molecule has 0 aromatic heterocycles. The Bertz CT molecular complexity index is 1030. The fourth-order valence-electron chi connectivity index (χ4n) is 2.13. The first-order valence-electron chi connectivity index (χ1n) is 7.67. The minimum atomic E-state index is -1.04. The first-order chi connectivity index (χ1) is 13.6. The molecule has 0 unspecified atom stereocenters. The molecule has 2 aromatic rings. The molecule has 0 aliphatic rings. The lowest BCUT2D eigenvalue weighted by atomic mass is 10.1. The molecule has 0 radical (unpaired) electrons. The van der Waals surface area contributed by atoms with Crippen LogP contribution >= 0.6 is 46.4 Å². The summed E-state index contributed by atoms with van der Waals surface area (Å²) in [6.07, 6.45) is -0.311. The minimum absolute atomic E-state index is 0.0323. The quantitative estimate of drug-likeness (QED) is 0.620. The van der Waals surface area contributed by atoms with Crippen LogP contribution in [0, 0.1) is 22.7 Å². The zero-order valence-corrected chi connectivity index (χ0v) is 17.8. The normalized spacial score (nSPS) is 9.48. The maximum Gasteiger partial charge on any atom is 0.310 e. The molecule has 2 aromatic carbocycles. The van der Waals surface area contributed by atoms with E-state index >= 15 is 0 Å². The molecule has 0 atom stereocenters. The zero-order chi connectivity index (χ0) is 22.1. The number of carbonyl (C=O) groups excluding carboxylic acids is 1. The summed E-state index contributed by atoms with van der Waals surface area (Å²) in [5.74, 6) is -1.48. The van der Waals surface area contributed by atoms with E-state index in [1.54, 1.807) is 0 Å². The van der Waals surface area contributed by atoms with Gasteiger partial charge in [-0.3, -0.25) is 9.59 Å². The number of rotatable bonds is 4. The Balaban J connectivity index is 0.000000291. The number of nitriles is 2. The van der Waals surface area contributed by atoms with E-state index < -0.39 is 11.9 Å². The number of esters is 1. The van der Waals surface area contributed by atoms with Crippen LogP contribution in [0.2, 0.25) is 20.1 Å². The molecule has 0 amide bonds. The maximum absolute atomic E-state index is 11.1. The first-order valence-corrected chi connectivity index (χ1v) is 9.18. The van der Waals surface area contributed by atoms with E-state index in [9.17, 15) is 9.59 Å². The summed E-state index contributed by atoms with van der Waals surface area (Å²) < 4.78 is 4.50. The Kier molecular flexibility index (Phi) is 9.74. The summed E-state index contributed by atoms with van der Waals surface area (Å²) >= 11 is 23.0. The highest BCUT2D eigenvalue weighted by Crippen LogP contribution is 2.26. The number of hydrogen-bond donors (Lipinski definition) is 1. The van der Waals surface area contributed by atoms with E-state index in [0.29, 0.717) is 26.2 Å². The van der Waals surface area contributed by atoms with Crippen molar-refractivity contribution < 1.29 is 19.4 Å². The van der Waals surface area contributed by atoms with Gasteiger partial charge in [0.25, 0.3) is 0 Å². The van der Waals surface area contributed by atoms with E-state index in [4.69, 9.17) is 62.0 Å². The number of benzene rings is 2. The number of carboxylic acid groups (broad SMARTS) is 1. The van der Waals surface area contributed by atoms with Gasteiger partial charge in [0.15, 0.2) is 0 Å². The first kappa shape index (κ1) is 24.6. The van der Waals surface area contributed by atoms with Gasteiger partial charge in [-0.1, -0.05) is 46.4 Å². The van der Waals surface area contributed by atoms with Crippen molar-refractivity contribution >= 4 is 58.3 Å². The van der Waals surface area contributed by atoms with Gasteiger partial charge < -0.3 is 9.84 Å². The van der Waals surface area contributed by atoms with Crippen LogP contribution in [0.4, 0.5) is 0 Å². The Morgan fingerprint density at radius 2 is 1.31 bits per heavy atom. The molecule has 150 valence electrons. The highest BCUT2D eigenvalue weighted by atomic mass is 35.5. The van der Waals surface area contributed by atoms with Gasteiger partial charge in [-0.05, 0) is 35.4 Å². The minimum Gasteiger partial charge on any atom is -0.481 e. The van der Waals surface area contributed by atoms with Crippen molar-refractivity contribution in [2.75, 3.05) is 7.11 Å². The second-order valence-electron chi connectivity index (χ2n) is 5.37. The predicted octanol–water partition coefficient (Wildman–Crippen LogP) is 5.07. The highest BCUT2D eigenvalue weighted by molar-refractivity contribution is 6.36. The third kappa shape index (κ3) is 7.45. The largest absolute Gasteiger partial charge is 0.481 e. The average Bonchev–Trinajstić information content (AvgIpc) is 2.65. The average molecular weight is 474 g/mol. The Labute approximate surface area is 186 Å². The molecule has 0 heterocycles. The molecule has 0 fully saturated rings. The molecule has 0 saturated carbocycles. The SMILES string of the molecule is COC(=O)Cc1c(Cl)cc(Cl)cc1C#N.N#Cc1cc(Cl)cc(Cl)c1CC(=O)O. The summed E-state index contributed by atoms with van der Waals surface area (Å²) in [4.78, 5) is 21.5. The Hall–Kier alpha value is -2.48. The van der Waals surface area contributed by atoms with Gasteiger partial charge in [-0.2, -0.15) is 10.5 Å². The molecule has 0 saturated heterocycles. The molecule has 6 nitrogen and oxygen atoms in total. The van der Waals surface area contributed by atoms with Crippen molar-refractivity contribution in [3.63, 3.8) is 0 Å². The number of nitrogens with zero attached hydrogens (tertiary/aromatic N) is 2. The van der Waals surface area contributed by atoms with Gasteiger partial charge >= 0.3 is 11.9 Å². The van der Waals surface area contributed by atoms with Gasteiger partial charge in [0, 0.05) is 20.1 Å². The van der Waals surface area contributed by atoms with E-state index in [2.05, 4.69) is 4.74 Å². The van der Waals surface area contributed by atoms with Crippen LogP contribution in [0.1, 0.15) is 22.3 Å². The molecule has 29 heavy (non-hydrogen) atoms. The summed E-state index contributed by atoms with van der Waals surface area (Å²) in [5, 5.41) is 27.3. The van der Waals surface area contributed by atoms with Gasteiger partial charge in [-0.15, -0.1) is 0 Å². The molecule has 0 aliphatic heterocycles. The number of aliphatic carboxylic acids is 1. The van der Waals surface area contributed by atoms with E-state index in [-0.39, 0.29) is 29.0 Å². The summed E-state index contributed by atoms with van der Waals surface area (Å²) in [6.45, 7) is 0. The number of methoxy groups -OCH3 is 1. The number of hydrogen-bond acceptors (Lipinski definition) is 5. The third-order valence-electron chi connectivity index (χ3n) is 3.44. The van der Waals surface area contributed by atoms with Crippen molar-refractivity contribution in [1.82, 2.24) is 0 Å². The molecule has 1 N–H and O–H groups in total. The van der Waals surface area contributed by atoms with Gasteiger partial charge in [0.2, 0.25) is 0 Å². The molecule has 0 bridgehead atoms. The number of carboxylic acids is 1. The van der Waals surface area contributed by atoms with Crippen LogP contribution in [-0.2, 0) is 27.2 Å². The Morgan fingerprint density at radius 3 is 1.66 bits per heavy atom. The zero-order valence-electron chi connectivity index (χ0n) is 14.8. The van der Waals surface area contributed by atoms with Gasteiger partial charge in [0.1, 0.15) is 0 Å². The van der Waals surface area contributed by atoms with Crippen LogP contribution in [-0.4, -0.2) is 24.2 Å². The molecule has 0 spiro atoms. The van der Waals surface area contributed by atoms with E-state index in [1.807, 2.05) is 12.1 Å². The second kappa shape index (κ2) is 11.5. The topological polar surface area (TPSA) is 111 Å². The second-order valence-corrected chi connectivity index (χ2v) is 7.06. The lowest BCUT2D eigenvalue weighted by Crippen LogP contribution is -2.06. The van der Waals surface area contributed by atoms with E-state index in [1.165, 1.54) is 31.4 Å². The lowest BCUT2D eigenvalue weighted by Gasteiger charge is -2.05. The van der Waals surface area contributed by atoms with Crippen LogP contribution in [0.3, 0.4) is 0 Å². The van der Waals surface area contributed by atoms with Crippen LogP contribution in [0.5, 0.6) is 0 Å². The fourth-order valence-corrected chi connectivity index (χ4v) is 3.25. The van der Waals surface area contributed by atoms with Crippen LogP contribution < -0.4 is 0 Å². The fraction of sp³-hybridized carbons (Fsp3) is 0.158. The summed E-state index contributed by atoms with van der Waals surface area (Å²) in [6, 6.07) is 9.55. The van der Waals surface area contributed by atoms with Crippen molar-refractivity contribution in [3.05, 3.63) is 66.6 Å². The van der Waals surface area contributed by atoms with Crippen molar-refractivity contribution in [3.8, 4) is 12.1 Å². The molecular weight excluding hydrogens is 462 g/mol.